The molecule has 22 heavy (non-hydrogen) atoms. The van der Waals surface area contributed by atoms with Crippen molar-refractivity contribution in [1.29, 1.82) is 0 Å². The van der Waals surface area contributed by atoms with Crippen LogP contribution in [-0.4, -0.2) is 39.2 Å². The summed E-state index contributed by atoms with van der Waals surface area (Å²) in [4.78, 5) is 23.8. The van der Waals surface area contributed by atoms with Gasteiger partial charge in [-0.05, 0) is 11.3 Å². The number of ether oxygens (including phenoxy) is 1. The molecule has 0 radical (unpaired) electrons. The number of carbonyl (C=O) groups is 2. The van der Waals surface area contributed by atoms with Gasteiger partial charge in [0.15, 0.2) is 5.82 Å². The summed E-state index contributed by atoms with van der Waals surface area (Å²) in [6, 6.07) is 6.16. The molecule has 1 aromatic heterocycles. The first kappa shape index (κ1) is 15.5. The van der Waals surface area contributed by atoms with Crippen molar-refractivity contribution in [2.75, 3.05) is 7.11 Å². The van der Waals surface area contributed by atoms with Crippen LogP contribution in [0.1, 0.15) is 11.4 Å². The van der Waals surface area contributed by atoms with E-state index >= 15 is 0 Å². The molecule has 0 aliphatic carbocycles. The predicted octanol–water partition coefficient (Wildman–Crippen LogP) is -0.156. The van der Waals surface area contributed by atoms with Crippen molar-refractivity contribution in [2.24, 2.45) is 0 Å². The second kappa shape index (κ2) is 7.25. The molecule has 0 unspecified atom stereocenters. The lowest BCUT2D eigenvalue weighted by Gasteiger charge is -2.05. The Morgan fingerprint density at radius 3 is 2.86 bits per heavy atom. The summed E-state index contributed by atoms with van der Waals surface area (Å²) in [7, 11) is 1.25. The lowest BCUT2D eigenvalue weighted by Crippen LogP contribution is -2.28. The van der Waals surface area contributed by atoms with Crippen LogP contribution in [0.15, 0.2) is 24.3 Å². The molecule has 1 heterocycles. The fraction of sp³-hybridized carbons (Fsp3) is 0.308. The molecule has 1 N–H and O–H groups in total. The number of amides is 1. The van der Waals surface area contributed by atoms with Crippen LogP contribution in [0, 0.1) is 5.82 Å². The highest BCUT2D eigenvalue weighted by Gasteiger charge is 2.11. The van der Waals surface area contributed by atoms with Crippen LogP contribution in [0.5, 0.6) is 0 Å². The first-order chi connectivity index (χ1) is 10.6. The van der Waals surface area contributed by atoms with Gasteiger partial charge in [-0.2, -0.15) is 4.80 Å². The SMILES string of the molecule is COC(=O)Cc1nnn(CC(=O)NCc2ccccc2F)n1. The third-order valence-corrected chi connectivity index (χ3v) is 2.74. The van der Waals surface area contributed by atoms with Crippen LogP contribution in [0.25, 0.3) is 0 Å². The molecule has 0 spiro atoms. The molecule has 0 aliphatic heterocycles. The average molecular weight is 307 g/mol. The van der Waals surface area contributed by atoms with Gasteiger partial charge in [0, 0.05) is 12.1 Å². The number of aromatic nitrogens is 4. The van der Waals surface area contributed by atoms with Crippen molar-refractivity contribution in [3.63, 3.8) is 0 Å². The molecular weight excluding hydrogens is 293 g/mol. The van der Waals surface area contributed by atoms with Gasteiger partial charge < -0.3 is 10.1 Å². The largest absolute Gasteiger partial charge is 0.469 e. The van der Waals surface area contributed by atoms with Crippen LogP contribution in [-0.2, 0) is 33.8 Å². The number of rotatable bonds is 6. The van der Waals surface area contributed by atoms with Gasteiger partial charge in [-0.25, -0.2) is 4.39 Å². The quantitative estimate of drug-likeness (QED) is 0.745. The summed E-state index contributed by atoms with van der Waals surface area (Å²) in [6.07, 6.45) is -0.118. The second-order valence-electron chi connectivity index (χ2n) is 4.36. The number of methoxy groups -OCH3 is 1. The van der Waals surface area contributed by atoms with Gasteiger partial charge in [0.2, 0.25) is 5.91 Å². The summed E-state index contributed by atoms with van der Waals surface area (Å²) >= 11 is 0. The van der Waals surface area contributed by atoms with E-state index in [0.29, 0.717) is 5.56 Å². The molecule has 0 atom stereocenters. The number of carbonyl (C=O) groups excluding carboxylic acids is 2. The van der Waals surface area contributed by atoms with Crippen LogP contribution in [0.3, 0.4) is 0 Å². The van der Waals surface area contributed by atoms with E-state index in [9.17, 15) is 14.0 Å². The Labute approximate surface area is 125 Å². The number of benzene rings is 1. The number of esters is 1. The molecule has 2 rings (SSSR count). The van der Waals surface area contributed by atoms with Gasteiger partial charge >= 0.3 is 5.97 Å². The van der Waals surface area contributed by atoms with E-state index in [1.807, 2.05) is 0 Å². The minimum atomic E-state index is -0.497. The zero-order valence-electron chi connectivity index (χ0n) is 11.8. The number of tetrazole rings is 1. The summed E-state index contributed by atoms with van der Waals surface area (Å²) in [5.41, 5.74) is 0.383. The van der Waals surface area contributed by atoms with Gasteiger partial charge in [0.1, 0.15) is 18.8 Å². The lowest BCUT2D eigenvalue weighted by molar-refractivity contribution is -0.139. The fourth-order valence-corrected chi connectivity index (χ4v) is 1.64. The van der Waals surface area contributed by atoms with Crippen LogP contribution < -0.4 is 5.32 Å². The Morgan fingerprint density at radius 2 is 2.14 bits per heavy atom. The molecule has 2 aromatic rings. The summed E-state index contributed by atoms with van der Waals surface area (Å²) in [5, 5.41) is 13.7. The fourth-order valence-electron chi connectivity index (χ4n) is 1.64. The number of nitrogens with zero attached hydrogens (tertiary/aromatic N) is 4. The van der Waals surface area contributed by atoms with Crippen LogP contribution in [0.2, 0.25) is 0 Å². The Bertz CT molecular complexity index is 673. The molecule has 0 bridgehead atoms. The van der Waals surface area contributed by atoms with Crippen molar-refractivity contribution >= 4 is 11.9 Å². The smallest absolute Gasteiger partial charge is 0.313 e. The molecule has 116 valence electrons. The molecule has 1 aromatic carbocycles. The van der Waals surface area contributed by atoms with Crippen molar-refractivity contribution in [2.45, 2.75) is 19.5 Å². The Kier molecular flexibility index (Phi) is 5.12. The van der Waals surface area contributed by atoms with Crippen LogP contribution in [0.4, 0.5) is 4.39 Å². The van der Waals surface area contributed by atoms with E-state index in [2.05, 4.69) is 25.5 Å². The second-order valence-corrected chi connectivity index (χ2v) is 4.36. The summed E-state index contributed by atoms with van der Waals surface area (Å²) < 4.78 is 17.9. The highest BCUT2D eigenvalue weighted by molar-refractivity contribution is 5.75. The van der Waals surface area contributed by atoms with E-state index in [1.54, 1.807) is 18.2 Å². The standard InChI is InChI=1S/C13H14FN5O3/c1-22-13(21)6-11-16-18-19(17-11)8-12(20)15-7-9-4-2-3-5-10(9)14/h2-5H,6-8H2,1H3,(H,15,20). The maximum absolute atomic E-state index is 13.4. The molecule has 0 saturated carbocycles. The number of hydrogen-bond donors (Lipinski definition) is 1. The minimum absolute atomic E-state index is 0.0647. The van der Waals surface area contributed by atoms with Crippen LogP contribution >= 0.6 is 0 Å². The van der Waals surface area contributed by atoms with E-state index in [4.69, 9.17) is 0 Å². The van der Waals surface area contributed by atoms with E-state index in [1.165, 1.54) is 13.2 Å². The summed E-state index contributed by atoms with van der Waals surface area (Å²) in [6.45, 7) is -0.113. The third kappa shape index (κ3) is 4.33. The Balaban J connectivity index is 1.85. The van der Waals surface area contributed by atoms with Gasteiger partial charge in [0.25, 0.3) is 0 Å². The highest BCUT2D eigenvalue weighted by atomic mass is 19.1. The zero-order chi connectivity index (χ0) is 15.9. The van der Waals surface area contributed by atoms with Gasteiger partial charge in [-0.3, -0.25) is 9.59 Å². The Morgan fingerprint density at radius 1 is 1.36 bits per heavy atom. The normalized spacial score (nSPS) is 10.3. The topological polar surface area (TPSA) is 99.0 Å². The van der Waals surface area contributed by atoms with Crippen molar-refractivity contribution in [3.05, 3.63) is 41.5 Å². The molecular formula is C13H14FN5O3. The first-order valence-corrected chi connectivity index (χ1v) is 6.42. The number of hydrogen-bond acceptors (Lipinski definition) is 6. The van der Waals surface area contributed by atoms with Crippen molar-refractivity contribution in [3.8, 4) is 0 Å². The minimum Gasteiger partial charge on any atom is -0.469 e. The Hall–Kier alpha value is -2.84. The van der Waals surface area contributed by atoms with Gasteiger partial charge in [-0.15, -0.1) is 10.2 Å². The maximum atomic E-state index is 13.4. The molecule has 9 heteroatoms. The molecule has 1 amide bonds. The molecule has 0 aliphatic rings. The van der Waals surface area contributed by atoms with E-state index in [-0.39, 0.29) is 31.2 Å². The average Bonchev–Trinajstić information content (AvgIpc) is 2.93. The maximum Gasteiger partial charge on any atom is 0.313 e. The number of halogens is 1. The van der Waals surface area contributed by atoms with E-state index < -0.39 is 11.9 Å². The summed E-state index contributed by atoms with van der Waals surface area (Å²) in [5.74, 6) is -1.12. The zero-order valence-corrected chi connectivity index (χ0v) is 11.8. The van der Waals surface area contributed by atoms with Crippen molar-refractivity contribution < 1.29 is 18.7 Å². The highest BCUT2D eigenvalue weighted by Crippen LogP contribution is 2.05. The molecule has 0 fully saturated rings. The lowest BCUT2D eigenvalue weighted by atomic mass is 10.2. The predicted molar refractivity (Wildman–Crippen MR) is 71.8 cm³/mol. The number of nitrogens with one attached hydrogen (secondary N) is 1. The van der Waals surface area contributed by atoms with Gasteiger partial charge in [0.05, 0.1) is 7.11 Å². The first-order valence-electron chi connectivity index (χ1n) is 6.42. The van der Waals surface area contributed by atoms with E-state index in [0.717, 1.165) is 4.80 Å². The molecule has 0 saturated heterocycles. The van der Waals surface area contributed by atoms with Crippen molar-refractivity contribution in [1.82, 2.24) is 25.5 Å². The molecule has 8 nitrogen and oxygen atoms in total. The monoisotopic (exact) mass is 307 g/mol. The third-order valence-electron chi connectivity index (χ3n) is 2.74. The van der Waals surface area contributed by atoms with Gasteiger partial charge in [-0.1, -0.05) is 18.2 Å².